The van der Waals surface area contributed by atoms with E-state index < -0.39 is 16.6 Å². The van der Waals surface area contributed by atoms with Crippen LogP contribution in [0.3, 0.4) is 0 Å². The van der Waals surface area contributed by atoms with Gasteiger partial charge in [0.1, 0.15) is 11.4 Å². The summed E-state index contributed by atoms with van der Waals surface area (Å²) < 4.78 is 0. The molecule has 0 bridgehead atoms. The Hall–Kier alpha value is -4.29. The zero-order chi connectivity index (χ0) is 37.4. The quantitative estimate of drug-likeness (QED) is 0.110. The normalized spacial score (nSPS) is 13.9. The lowest BCUT2D eigenvalue weighted by molar-refractivity contribution is -0.384. The number of phenolic OH excluding ortho intramolecular Hbond substituents is 1. The lowest BCUT2D eigenvalue weighted by atomic mass is 9.70. The van der Waals surface area contributed by atoms with Crippen molar-refractivity contribution >= 4 is 11.9 Å². The highest BCUT2D eigenvalue weighted by molar-refractivity contribution is 5.84. The summed E-state index contributed by atoms with van der Waals surface area (Å²) in [7, 11) is 0. The molecule has 6 heteroatoms. The van der Waals surface area contributed by atoms with Gasteiger partial charge in [-0.3, -0.25) is 15.1 Å². The fraction of sp³-hybridized carbons (Fsp3) is 0.432. The van der Waals surface area contributed by atoms with E-state index in [9.17, 15) is 20.3 Å². The van der Waals surface area contributed by atoms with Gasteiger partial charge < -0.3 is 10.2 Å². The van der Waals surface area contributed by atoms with Gasteiger partial charge in [0.15, 0.2) is 0 Å². The Morgan fingerprint density at radius 3 is 1.42 bits per heavy atom. The van der Waals surface area contributed by atoms with Gasteiger partial charge in [0.25, 0.3) is 5.69 Å². The molecule has 4 aromatic rings. The van der Waals surface area contributed by atoms with Crippen LogP contribution in [0.5, 0.6) is 5.75 Å². The van der Waals surface area contributed by atoms with E-state index in [1.165, 1.54) is 24.4 Å². The van der Waals surface area contributed by atoms with Gasteiger partial charge in [-0.15, -0.1) is 0 Å². The van der Waals surface area contributed by atoms with Gasteiger partial charge in [0, 0.05) is 23.9 Å². The van der Waals surface area contributed by atoms with Crippen LogP contribution in [0.25, 0.3) is 0 Å². The van der Waals surface area contributed by atoms with E-state index in [2.05, 4.69) is 119 Å². The summed E-state index contributed by atoms with van der Waals surface area (Å²) in [5, 5.41) is 36.3. The second-order valence-corrected chi connectivity index (χ2v) is 17.8. The van der Waals surface area contributed by atoms with E-state index in [4.69, 9.17) is 4.99 Å². The first-order valence-corrected chi connectivity index (χ1v) is 17.5. The Balaban J connectivity index is 2.18. The van der Waals surface area contributed by atoms with E-state index >= 15 is 0 Å². The van der Waals surface area contributed by atoms with Crippen LogP contribution in [-0.2, 0) is 33.7 Å². The molecule has 2 N–H and O–H groups in total. The molecular weight excluding hydrogens is 620 g/mol. The van der Waals surface area contributed by atoms with Crippen LogP contribution in [0.15, 0.2) is 89.9 Å². The first-order valence-electron chi connectivity index (χ1n) is 17.5. The smallest absolute Gasteiger partial charge is 0.270 e. The van der Waals surface area contributed by atoms with Gasteiger partial charge in [-0.05, 0) is 73.1 Å². The van der Waals surface area contributed by atoms with E-state index in [1.807, 2.05) is 30.3 Å². The standard InChI is InChI=1S/C44H56N2O4/c1-40(2,3)31-22-32(41(4,5)6)25-35(24-31)44(48,36-26-33(42(7,8)9)23-34(27-36)43(10,11)12)39(20-29-16-14-13-15-17-29)45-28-30-21-37(46(49)50)18-19-38(30)47/h13-19,21-28,39,47-48H,20H2,1-12H3. The fourth-order valence-corrected chi connectivity index (χ4v) is 6.05. The molecule has 0 saturated carbocycles. The molecule has 0 amide bonds. The lowest BCUT2D eigenvalue weighted by Gasteiger charge is -2.39. The molecule has 0 radical (unpaired) electrons. The first-order chi connectivity index (χ1) is 22.9. The molecule has 0 aliphatic rings. The van der Waals surface area contributed by atoms with Gasteiger partial charge >= 0.3 is 0 Å². The van der Waals surface area contributed by atoms with Crippen LogP contribution in [0, 0.1) is 10.1 Å². The number of nitro groups is 1. The fourth-order valence-electron chi connectivity index (χ4n) is 6.05. The minimum atomic E-state index is -1.66. The predicted molar refractivity (Wildman–Crippen MR) is 207 cm³/mol. The largest absolute Gasteiger partial charge is 0.507 e. The minimum Gasteiger partial charge on any atom is -0.507 e. The second kappa shape index (κ2) is 13.8. The topological polar surface area (TPSA) is 96.0 Å². The number of aliphatic hydroxyl groups is 1. The molecular formula is C44H56N2O4. The highest BCUT2D eigenvalue weighted by Gasteiger charge is 2.43. The number of hydrogen-bond donors (Lipinski definition) is 2. The summed E-state index contributed by atoms with van der Waals surface area (Å²) in [6.45, 7) is 26.2. The average molecular weight is 677 g/mol. The summed E-state index contributed by atoms with van der Waals surface area (Å²) in [4.78, 5) is 16.3. The van der Waals surface area contributed by atoms with E-state index in [0.29, 0.717) is 6.42 Å². The van der Waals surface area contributed by atoms with Crippen molar-refractivity contribution in [3.63, 3.8) is 0 Å². The molecule has 1 unspecified atom stereocenters. The maximum atomic E-state index is 13.8. The first kappa shape index (κ1) is 38.5. The molecule has 0 heterocycles. The Morgan fingerprint density at radius 2 is 1.04 bits per heavy atom. The van der Waals surface area contributed by atoms with Crippen LogP contribution in [0.1, 0.15) is 128 Å². The zero-order valence-electron chi connectivity index (χ0n) is 32.1. The SMILES string of the molecule is CC(C)(C)c1cc(C(C)(C)C)cc(C(O)(c2cc(C(C)(C)C)cc(C(C)(C)C)c2)C(Cc2ccccc2)N=Cc2cc([N+](=O)[O-])ccc2O)c1. The molecule has 4 aromatic carbocycles. The number of phenols is 1. The molecule has 266 valence electrons. The molecule has 0 aromatic heterocycles. The van der Waals surface area contributed by atoms with Gasteiger partial charge in [0.2, 0.25) is 0 Å². The summed E-state index contributed by atoms with van der Waals surface area (Å²) in [5.41, 5.74) is 4.34. The minimum absolute atomic E-state index is 0.129. The van der Waals surface area contributed by atoms with Crippen molar-refractivity contribution in [1.29, 1.82) is 0 Å². The Kier molecular flexibility index (Phi) is 10.6. The monoisotopic (exact) mass is 676 g/mol. The highest BCUT2D eigenvalue weighted by Crippen LogP contribution is 2.43. The van der Waals surface area contributed by atoms with Gasteiger partial charge in [-0.25, -0.2) is 0 Å². The zero-order valence-corrected chi connectivity index (χ0v) is 32.1. The van der Waals surface area contributed by atoms with Crippen LogP contribution >= 0.6 is 0 Å². The number of benzene rings is 4. The molecule has 0 spiro atoms. The number of nitro benzene ring substituents is 1. The van der Waals surface area contributed by atoms with Gasteiger partial charge in [0.05, 0.1) is 11.0 Å². The number of rotatable bonds is 8. The molecule has 0 fully saturated rings. The van der Waals surface area contributed by atoms with Crippen LogP contribution in [0.4, 0.5) is 5.69 Å². The van der Waals surface area contributed by atoms with Crippen molar-refractivity contribution in [3.05, 3.63) is 140 Å². The Bertz CT molecular complexity index is 1720. The highest BCUT2D eigenvalue weighted by atomic mass is 16.6. The summed E-state index contributed by atoms with van der Waals surface area (Å²) in [6, 6.07) is 26.0. The molecule has 0 saturated heterocycles. The summed E-state index contributed by atoms with van der Waals surface area (Å²) >= 11 is 0. The third-order valence-corrected chi connectivity index (χ3v) is 9.58. The number of hydrogen-bond acceptors (Lipinski definition) is 5. The van der Waals surface area contributed by atoms with Crippen molar-refractivity contribution < 1.29 is 15.1 Å². The lowest BCUT2D eigenvalue weighted by Crippen LogP contribution is -2.42. The molecule has 0 aliphatic heterocycles. The van der Waals surface area contributed by atoms with E-state index in [-0.39, 0.29) is 38.7 Å². The van der Waals surface area contributed by atoms with Crippen molar-refractivity contribution in [3.8, 4) is 5.75 Å². The average Bonchev–Trinajstić information content (AvgIpc) is 3.01. The second-order valence-electron chi connectivity index (χ2n) is 17.8. The van der Waals surface area contributed by atoms with Gasteiger partial charge in [-0.1, -0.05) is 150 Å². The van der Waals surface area contributed by atoms with Crippen LogP contribution < -0.4 is 0 Å². The summed E-state index contributed by atoms with van der Waals surface area (Å²) in [5.74, 6) is -0.129. The maximum absolute atomic E-state index is 13.8. The molecule has 1 atom stereocenters. The van der Waals surface area contributed by atoms with E-state index in [1.54, 1.807) is 0 Å². The summed E-state index contributed by atoms with van der Waals surface area (Å²) in [6.07, 6.45) is 1.83. The van der Waals surface area contributed by atoms with Crippen molar-refractivity contribution in [2.24, 2.45) is 4.99 Å². The number of aromatic hydroxyl groups is 1. The number of nitrogens with zero attached hydrogens (tertiary/aromatic N) is 2. The number of aliphatic imine (C=N–C) groups is 1. The van der Waals surface area contributed by atoms with E-state index in [0.717, 1.165) is 38.9 Å². The third kappa shape index (κ3) is 8.70. The van der Waals surface area contributed by atoms with Crippen molar-refractivity contribution in [2.75, 3.05) is 0 Å². The third-order valence-electron chi connectivity index (χ3n) is 9.58. The van der Waals surface area contributed by atoms with Crippen LogP contribution in [0.2, 0.25) is 0 Å². The van der Waals surface area contributed by atoms with Crippen LogP contribution in [-0.4, -0.2) is 27.4 Å². The Labute approximate surface area is 299 Å². The maximum Gasteiger partial charge on any atom is 0.270 e. The predicted octanol–water partition coefficient (Wildman–Crippen LogP) is 10.5. The molecule has 0 aliphatic carbocycles. The number of non-ortho nitro benzene ring substituents is 1. The van der Waals surface area contributed by atoms with Gasteiger partial charge in [-0.2, -0.15) is 0 Å². The molecule has 50 heavy (non-hydrogen) atoms. The van der Waals surface area contributed by atoms with Crippen molar-refractivity contribution in [2.45, 2.75) is 123 Å². The molecule has 4 rings (SSSR count). The molecule has 6 nitrogen and oxygen atoms in total. The van der Waals surface area contributed by atoms with Crippen molar-refractivity contribution in [1.82, 2.24) is 0 Å². The Morgan fingerprint density at radius 1 is 0.640 bits per heavy atom.